The minimum atomic E-state index is -0.491. The van der Waals surface area contributed by atoms with E-state index in [-0.39, 0.29) is 24.3 Å². The lowest BCUT2D eigenvalue weighted by atomic mass is 10.0. The number of nitrogens with one attached hydrogen (secondary N) is 1. The van der Waals surface area contributed by atoms with Crippen molar-refractivity contribution in [2.45, 2.75) is 38.3 Å². The summed E-state index contributed by atoms with van der Waals surface area (Å²) < 4.78 is 0. The quantitative estimate of drug-likeness (QED) is 0.874. The summed E-state index contributed by atoms with van der Waals surface area (Å²) in [6.07, 6.45) is 1.82. The SMILES string of the molecule is CCCC(N)C(=O)N1CCNC(=O)CC1c1ccccc1. The second-order valence-electron chi connectivity index (χ2n) is 5.41. The number of carbonyl (C=O) groups is 2. The van der Waals surface area contributed by atoms with Crippen molar-refractivity contribution >= 4 is 11.8 Å². The Morgan fingerprint density at radius 1 is 1.43 bits per heavy atom. The molecule has 0 radical (unpaired) electrons. The molecule has 1 fully saturated rings. The number of hydrogen-bond acceptors (Lipinski definition) is 3. The molecule has 0 saturated carbocycles. The molecule has 114 valence electrons. The molecule has 1 aliphatic heterocycles. The molecule has 5 heteroatoms. The summed E-state index contributed by atoms with van der Waals surface area (Å²) in [5.41, 5.74) is 6.97. The fourth-order valence-corrected chi connectivity index (χ4v) is 2.71. The van der Waals surface area contributed by atoms with Crippen molar-refractivity contribution in [1.29, 1.82) is 0 Å². The second-order valence-corrected chi connectivity index (χ2v) is 5.41. The molecular formula is C16H23N3O2. The summed E-state index contributed by atoms with van der Waals surface area (Å²) in [5, 5.41) is 2.83. The van der Waals surface area contributed by atoms with Crippen LogP contribution in [-0.2, 0) is 9.59 Å². The van der Waals surface area contributed by atoms with Crippen LogP contribution in [0.5, 0.6) is 0 Å². The van der Waals surface area contributed by atoms with Gasteiger partial charge in [-0.2, -0.15) is 0 Å². The van der Waals surface area contributed by atoms with Gasteiger partial charge in [-0.05, 0) is 12.0 Å². The van der Waals surface area contributed by atoms with E-state index in [2.05, 4.69) is 5.32 Å². The fourth-order valence-electron chi connectivity index (χ4n) is 2.71. The third kappa shape index (κ3) is 3.82. The molecular weight excluding hydrogens is 266 g/mol. The van der Waals surface area contributed by atoms with Crippen LogP contribution in [0.3, 0.4) is 0 Å². The average Bonchev–Trinajstić information content (AvgIpc) is 2.69. The maximum Gasteiger partial charge on any atom is 0.240 e. The molecule has 1 aromatic carbocycles. The lowest BCUT2D eigenvalue weighted by Crippen LogP contribution is -2.46. The molecule has 0 spiro atoms. The number of nitrogens with zero attached hydrogens (tertiary/aromatic N) is 1. The standard InChI is InChI=1S/C16H23N3O2/c1-2-6-13(17)16(21)19-10-9-18-15(20)11-14(19)12-7-4-3-5-8-12/h3-5,7-8,13-14H,2,6,9-11,17H2,1H3,(H,18,20). The number of nitrogens with two attached hydrogens (primary N) is 1. The van der Waals surface area contributed by atoms with E-state index in [9.17, 15) is 9.59 Å². The van der Waals surface area contributed by atoms with Crippen molar-refractivity contribution in [2.75, 3.05) is 13.1 Å². The van der Waals surface area contributed by atoms with Crippen LogP contribution in [0.1, 0.15) is 37.8 Å². The van der Waals surface area contributed by atoms with E-state index in [0.29, 0.717) is 19.5 Å². The summed E-state index contributed by atoms with van der Waals surface area (Å²) in [6.45, 7) is 2.99. The molecule has 0 bridgehead atoms. The normalized spacial score (nSPS) is 20.6. The van der Waals surface area contributed by atoms with Crippen LogP contribution in [0.25, 0.3) is 0 Å². The van der Waals surface area contributed by atoms with E-state index in [1.165, 1.54) is 0 Å². The molecule has 5 nitrogen and oxygen atoms in total. The Morgan fingerprint density at radius 3 is 2.81 bits per heavy atom. The topological polar surface area (TPSA) is 75.4 Å². The molecule has 2 amide bonds. The van der Waals surface area contributed by atoms with Crippen molar-refractivity contribution in [1.82, 2.24) is 10.2 Å². The van der Waals surface area contributed by atoms with Crippen molar-refractivity contribution in [3.05, 3.63) is 35.9 Å². The van der Waals surface area contributed by atoms with Gasteiger partial charge in [0.15, 0.2) is 0 Å². The van der Waals surface area contributed by atoms with Gasteiger partial charge in [0.25, 0.3) is 0 Å². The number of carbonyl (C=O) groups excluding carboxylic acids is 2. The summed E-state index contributed by atoms with van der Waals surface area (Å²) >= 11 is 0. The Balaban J connectivity index is 2.26. The minimum absolute atomic E-state index is 0.0248. The number of hydrogen-bond donors (Lipinski definition) is 2. The average molecular weight is 289 g/mol. The van der Waals surface area contributed by atoms with Gasteiger partial charge in [0, 0.05) is 13.1 Å². The van der Waals surface area contributed by atoms with E-state index >= 15 is 0 Å². The first kappa shape index (κ1) is 15.5. The highest BCUT2D eigenvalue weighted by Crippen LogP contribution is 2.26. The van der Waals surface area contributed by atoms with Gasteiger partial charge in [0.1, 0.15) is 0 Å². The maximum atomic E-state index is 12.6. The van der Waals surface area contributed by atoms with Crippen LogP contribution in [0.15, 0.2) is 30.3 Å². The molecule has 2 atom stereocenters. The van der Waals surface area contributed by atoms with Gasteiger partial charge < -0.3 is 16.0 Å². The van der Waals surface area contributed by atoms with Crippen molar-refractivity contribution in [2.24, 2.45) is 5.73 Å². The third-order valence-electron chi connectivity index (χ3n) is 3.81. The number of rotatable bonds is 4. The van der Waals surface area contributed by atoms with Crippen LogP contribution in [0, 0.1) is 0 Å². The molecule has 1 aromatic rings. The largest absolute Gasteiger partial charge is 0.354 e. The van der Waals surface area contributed by atoms with E-state index < -0.39 is 6.04 Å². The third-order valence-corrected chi connectivity index (χ3v) is 3.81. The van der Waals surface area contributed by atoms with E-state index in [0.717, 1.165) is 12.0 Å². The zero-order valence-corrected chi connectivity index (χ0v) is 12.4. The molecule has 1 heterocycles. The number of amides is 2. The lowest BCUT2D eigenvalue weighted by molar-refractivity contribution is -0.135. The monoisotopic (exact) mass is 289 g/mol. The van der Waals surface area contributed by atoms with Gasteiger partial charge >= 0.3 is 0 Å². The van der Waals surface area contributed by atoms with Crippen LogP contribution >= 0.6 is 0 Å². The predicted molar refractivity (Wildman–Crippen MR) is 81.4 cm³/mol. The Bertz CT molecular complexity index is 490. The first-order valence-corrected chi connectivity index (χ1v) is 7.51. The molecule has 3 N–H and O–H groups in total. The summed E-state index contributed by atoms with van der Waals surface area (Å²) in [7, 11) is 0. The Kier molecular flexibility index (Phi) is 5.33. The van der Waals surface area contributed by atoms with Gasteiger partial charge in [-0.3, -0.25) is 9.59 Å². The Morgan fingerprint density at radius 2 is 2.14 bits per heavy atom. The van der Waals surface area contributed by atoms with Crippen molar-refractivity contribution in [3.8, 4) is 0 Å². The zero-order chi connectivity index (χ0) is 15.2. The highest BCUT2D eigenvalue weighted by molar-refractivity contribution is 5.84. The molecule has 2 rings (SSSR count). The van der Waals surface area contributed by atoms with Gasteiger partial charge in [-0.25, -0.2) is 0 Å². The highest BCUT2D eigenvalue weighted by Gasteiger charge is 2.31. The lowest BCUT2D eigenvalue weighted by Gasteiger charge is -2.31. The smallest absolute Gasteiger partial charge is 0.240 e. The van der Waals surface area contributed by atoms with Crippen LogP contribution in [0.4, 0.5) is 0 Å². The van der Waals surface area contributed by atoms with E-state index in [4.69, 9.17) is 5.73 Å². The molecule has 1 aliphatic rings. The van der Waals surface area contributed by atoms with Crippen molar-refractivity contribution < 1.29 is 9.59 Å². The Labute approximate surface area is 125 Å². The zero-order valence-electron chi connectivity index (χ0n) is 12.4. The highest BCUT2D eigenvalue weighted by atomic mass is 16.2. The van der Waals surface area contributed by atoms with Gasteiger partial charge in [-0.1, -0.05) is 43.7 Å². The van der Waals surface area contributed by atoms with Gasteiger partial charge in [0.2, 0.25) is 11.8 Å². The van der Waals surface area contributed by atoms with Gasteiger partial charge in [-0.15, -0.1) is 0 Å². The molecule has 1 saturated heterocycles. The summed E-state index contributed by atoms with van der Waals surface area (Å²) in [5.74, 6) is -0.0922. The van der Waals surface area contributed by atoms with E-state index in [1.807, 2.05) is 37.3 Å². The first-order chi connectivity index (χ1) is 10.1. The van der Waals surface area contributed by atoms with Crippen LogP contribution in [-0.4, -0.2) is 35.8 Å². The van der Waals surface area contributed by atoms with Crippen molar-refractivity contribution in [3.63, 3.8) is 0 Å². The van der Waals surface area contributed by atoms with Crippen LogP contribution in [0.2, 0.25) is 0 Å². The first-order valence-electron chi connectivity index (χ1n) is 7.51. The molecule has 2 unspecified atom stereocenters. The summed E-state index contributed by atoms with van der Waals surface area (Å²) in [4.78, 5) is 26.2. The second kappa shape index (κ2) is 7.22. The maximum absolute atomic E-state index is 12.6. The Hall–Kier alpha value is -1.88. The molecule has 0 aromatic heterocycles. The van der Waals surface area contributed by atoms with Gasteiger partial charge in [0.05, 0.1) is 18.5 Å². The fraction of sp³-hybridized carbons (Fsp3) is 0.500. The minimum Gasteiger partial charge on any atom is -0.354 e. The molecule has 21 heavy (non-hydrogen) atoms. The van der Waals surface area contributed by atoms with Crippen LogP contribution < -0.4 is 11.1 Å². The van der Waals surface area contributed by atoms with E-state index in [1.54, 1.807) is 4.90 Å². The molecule has 0 aliphatic carbocycles. The number of benzene rings is 1. The predicted octanol–water partition coefficient (Wildman–Crippen LogP) is 1.20. The summed E-state index contributed by atoms with van der Waals surface area (Å²) in [6, 6.07) is 8.96.